The van der Waals surface area contributed by atoms with Crippen LogP contribution < -0.4 is 10.8 Å². The molecule has 1 unspecified atom stereocenters. The second-order valence-corrected chi connectivity index (χ2v) is 10.4. The summed E-state index contributed by atoms with van der Waals surface area (Å²) in [6, 6.07) is 11.0. The number of pyridine rings is 1. The van der Waals surface area contributed by atoms with Crippen molar-refractivity contribution >= 4 is 34.8 Å². The molecule has 3 aromatic heterocycles. The van der Waals surface area contributed by atoms with E-state index in [0.29, 0.717) is 19.5 Å². The highest BCUT2D eigenvalue weighted by atomic mass is 32.2. The first kappa shape index (κ1) is 22.5. The van der Waals surface area contributed by atoms with Gasteiger partial charge < -0.3 is 5.32 Å². The van der Waals surface area contributed by atoms with Gasteiger partial charge in [-0.25, -0.2) is 17.8 Å². The lowest BCUT2D eigenvalue weighted by Gasteiger charge is -2.32. The zero-order chi connectivity index (χ0) is 23.7. The lowest BCUT2D eigenvalue weighted by molar-refractivity contribution is 0.312. The van der Waals surface area contributed by atoms with Crippen LogP contribution in [-0.2, 0) is 16.6 Å². The smallest absolute Gasteiger partial charge is 0.243 e. The minimum atomic E-state index is -3.80. The van der Waals surface area contributed by atoms with Crippen LogP contribution in [0.25, 0.3) is 5.65 Å². The van der Waals surface area contributed by atoms with Gasteiger partial charge in [0.1, 0.15) is 19.5 Å². The number of halogens is 1. The third-order valence-corrected chi connectivity index (χ3v) is 7.96. The first-order valence-corrected chi connectivity index (χ1v) is 12.6. The zero-order valence-electron chi connectivity index (χ0n) is 18.7. The SMILES string of the molecule is Bc1cnn2c(NCc3cccnc3)cc(C3CCCN(S(=O)(=O)c4cccc(F)c4)C3)nc12. The molecule has 0 radical (unpaired) electrons. The number of hydrogen-bond donors (Lipinski definition) is 1. The Morgan fingerprint density at radius 2 is 2.06 bits per heavy atom. The number of nitrogens with one attached hydrogen (secondary N) is 1. The van der Waals surface area contributed by atoms with Gasteiger partial charge in [0.2, 0.25) is 10.0 Å². The largest absolute Gasteiger partial charge is 0.366 e. The van der Waals surface area contributed by atoms with Crippen LogP contribution >= 0.6 is 0 Å². The fourth-order valence-electron chi connectivity index (χ4n) is 4.30. The van der Waals surface area contributed by atoms with Gasteiger partial charge in [0.25, 0.3) is 0 Å². The average Bonchev–Trinajstić information content (AvgIpc) is 3.24. The molecule has 8 nitrogen and oxygen atoms in total. The van der Waals surface area contributed by atoms with E-state index in [1.54, 1.807) is 23.1 Å². The third kappa shape index (κ3) is 4.40. The molecule has 34 heavy (non-hydrogen) atoms. The number of aromatic nitrogens is 4. The summed E-state index contributed by atoms with van der Waals surface area (Å²) in [5, 5.41) is 7.87. The number of rotatable bonds is 6. The molecule has 1 saturated heterocycles. The summed E-state index contributed by atoms with van der Waals surface area (Å²) in [5.41, 5.74) is 3.51. The Kier molecular flexibility index (Phi) is 6.05. The standard InChI is InChI=1S/C23H24BFN6O2S/c24-20-14-28-31-22(27-13-16-4-2-8-26-12-16)11-21(29-23(20)31)17-5-3-9-30(15-17)34(32,33)19-7-1-6-18(25)10-19/h1-2,4,6-8,10-12,14,17,27H,3,5,9,13,15,24H2. The molecule has 0 saturated carbocycles. The van der Waals surface area contributed by atoms with Gasteiger partial charge in [-0.05, 0) is 48.1 Å². The molecule has 11 heteroatoms. The highest BCUT2D eigenvalue weighted by molar-refractivity contribution is 7.89. The van der Waals surface area contributed by atoms with E-state index in [-0.39, 0.29) is 17.4 Å². The van der Waals surface area contributed by atoms with Crippen LogP contribution in [0.1, 0.15) is 30.0 Å². The van der Waals surface area contributed by atoms with E-state index in [9.17, 15) is 12.8 Å². The topological polar surface area (TPSA) is 92.5 Å². The number of sulfonamides is 1. The van der Waals surface area contributed by atoms with Crippen molar-refractivity contribution in [2.75, 3.05) is 18.4 Å². The number of hydrogen-bond acceptors (Lipinski definition) is 6. The van der Waals surface area contributed by atoms with Gasteiger partial charge in [0.15, 0.2) is 5.65 Å². The molecular formula is C23H24BFN6O2S. The van der Waals surface area contributed by atoms with E-state index in [0.717, 1.165) is 40.7 Å². The summed E-state index contributed by atoms with van der Waals surface area (Å²) in [6.45, 7) is 1.25. The van der Waals surface area contributed by atoms with Crippen LogP contribution in [0.4, 0.5) is 10.2 Å². The predicted octanol–water partition coefficient (Wildman–Crippen LogP) is 1.70. The van der Waals surface area contributed by atoms with E-state index >= 15 is 0 Å². The molecule has 4 heterocycles. The highest BCUT2D eigenvalue weighted by Crippen LogP contribution is 2.31. The minimum absolute atomic E-state index is 0.0259. The molecule has 1 aliphatic rings. The summed E-state index contributed by atoms with van der Waals surface area (Å²) in [4.78, 5) is 8.97. The fourth-order valence-corrected chi connectivity index (χ4v) is 5.86. The maximum Gasteiger partial charge on any atom is 0.243 e. The Labute approximate surface area is 198 Å². The normalized spacial score (nSPS) is 17.1. The number of anilines is 1. The van der Waals surface area contributed by atoms with Crippen LogP contribution in [0.5, 0.6) is 0 Å². The Balaban J connectivity index is 1.44. The molecule has 174 valence electrons. The van der Waals surface area contributed by atoms with Crippen molar-refractivity contribution < 1.29 is 12.8 Å². The van der Waals surface area contributed by atoms with Gasteiger partial charge in [0.05, 0.1) is 10.6 Å². The first-order chi connectivity index (χ1) is 16.4. The Morgan fingerprint density at radius 1 is 1.18 bits per heavy atom. The van der Waals surface area contributed by atoms with Crippen LogP contribution in [0.15, 0.2) is 66.0 Å². The summed E-state index contributed by atoms with van der Waals surface area (Å²) >= 11 is 0. The fraction of sp³-hybridized carbons (Fsp3) is 0.261. The molecule has 1 aromatic carbocycles. The molecule has 1 atom stereocenters. The van der Waals surface area contributed by atoms with Gasteiger partial charge in [-0.1, -0.05) is 12.1 Å². The number of fused-ring (bicyclic) bond motifs is 1. The van der Waals surface area contributed by atoms with Crippen LogP contribution in [0, 0.1) is 5.82 Å². The van der Waals surface area contributed by atoms with Crippen molar-refractivity contribution in [3.05, 3.63) is 78.1 Å². The van der Waals surface area contributed by atoms with Crippen molar-refractivity contribution in [1.82, 2.24) is 23.9 Å². The molecule has 0 aliphatic carbocycles. The summed E-state index contributed by atoms with van der Waals surface area (Å²) in [5.74, 6) is 0.125. The Bertz CT molecular complexity index is 1430. The van der Waals surface area contributed by atoms with Crippen LogP contribution in [0.3, 0.4) is 0 Å². The lowest BCUT2D eigenvalue weighted by atomic mass is 9.95. The van der Waals surface area contributed by atoms with Crippen molar-refractivity contribution in [3.8, 4) is 0 Å². The van der Waals surface area contributed by atoms with Gasteiger partial charge >= 0.3 is 0 Å². The molecular weight excluding hydrogens is 454 g/mol. The first-order valence-electron chi connectivity index (χ1n) is 11.2. The number of nitrogens with zero attached hydrogens (tertiary/aromatic N) is 5. The molecule has 0 bridgehead atoms. The highest BCUT2D eigenvalue weighted by Gasteiger charge is 2.32. The predicted molar refractivity (Wildman–Crippen MR) is 130 cm³/mol. The maximum atomic E-state index is 13.7. The van der Waals surface area contributed by atoms with Gasteiger partial charge in [-0.3, -0.25) is 4.98 Å². The zero-order valence-corrected chi connectivity index (χ0v) is 19.5. The average molecular weight is 478 g/mol. The quantitative estimate of drug-likeness (QED) is 0.425. The second kappa shape index (κ2) is 9.15. The van der Waals surface area contributed by atoms with E-state index in [4.69, 9.17) is 4.98 Å². The van der Waals surface area contributed by atoms with E-state index in [1.165, 1.54) is 22.5 Å². The molecule has 0 spiro atoms. The summed E-state index contributed by atoms with van der Waals surface area (Å²) in [6.07, 6.45) is 6.81. The van der Waals surface area contributed by atoms with Crippen LogP contribution in [0.2, 0.25) is 0 Å². The van der Waals surface area contributed by atoms with E-state index in [2.05, 4.69) is 15.4 Å². The Morgan fingerprint density at radius 3 is 2.85 bits per heavy atom. The van der Waals surface area contributed by atoms with E-state index < -0.39 is 15.8 Å². The molecule has 1 aliphatic heterocycles. The summed E-state index contributed by atoms with van der Waals surface area (Å²) < 4.78 is 43.2. The van der Waals surface area contributed by atoms with Crippen molar-refractivity contribution in [3.63, 3.8) is 0 Å². The van der Waals surface area contributed by atoms with Gasteiger partial charge in [-0.2, -0.15) is 13.9 Å². The third-order valence-electron chi connectivity index (χ3n) is 6.10. The van der Waals surface area contributed by atoms with Crippen molar-refractivity contribution in [2.45, 2.75) is 30.2 Å². The number of piperidine rings is 1. The van der Waals surface area contributed by atoms with Crippen molar-refractivity contribution in [2.24, 2.45) is 0 Å². The maximum absolute atomic E-state index is 13.7. The number of benzene rings is 1. The van der Waals surface area contributed by atoms with Crippen molar-refractivity contribution in [1.29, 1.82) is 0 Å². The molecule has 1 N–H and O–H groups in total. The second-order valence-electron chi connectivity index (χ2n) is 8.50. The van der Waals surface area contributed by atoms with E-state index in [1.807, 2.05) is 26.0 Å². The molecule has 1 fully saturated rings. The monoisotopic (exact) mass is 478 g/mol. The lowest BCUT2D eigenvalue weighted by Crippen LogP contribution is -2.39. The molecule has 4 aromatic rings. The summed E-state index contributed by atoms with van der Waals surface area (Å²) in [7, 11) is -1.85. The van der Waals surface area contributed by atoms with Crippen LogP contribution in [-0.4, -0.2) is 53.2 Å². The van der Waals surface area contributed by atoms with Gasteiger partial charge in [-0.15, -0.1) is 0 Å². The van der Waals surface area contributed by atoms with Gasteiger partial charge in [0, 0.05) is 50.2 Å². The Hall–Kier alpha value is -3.31. The molecule has 5 rings (SSSR count). The minimum Gasteiger partial charge on any atom is -0.366 e. The molecule has 0 amide bonds.